The van der Waals surface area contributed by atoms with Gasteiger partial charge in [-0.05, 0) is 25.3 Å². The molecule has 5 fully saturated rings. The number of hydrogen-bond donors (Lipinski definition) is 1. The molecule has 180 valence electrons. The van der Waals surface area contributed by atoms with E-state index in [9.17, 15) is 22.8 Å². The fourth-order valence-electron chi connectivity index (χ4n) is 5.18. The second-order valence-electron chi connectivity index (χ2n) is 9.20. The Morgan fingerprint density at radius 3 is 2.09 bits per heavy atom. The van der Waals surface area contributed by atoms with E-state index in [0.29, 0.717) is 24.9 Å². The van der Waals surface area contributed by atoms with Gasteiger partial charge in [-0.3, -0.25) is 9.59 Å². The van der Waals surface area contributed by atoms with Crippen molar-refractivity contribution in [3.8, 4) is 0 Å². The largest absolute Gasteiger partial charge is 0.490 e. The molecule has 4 unspecified atom stereocenters. The number of fused-ring (bicyclic) bond motifs is 3. The lowest BCUT2D eigenvalue weighted by molar-refractivity contribution is -0.192. The van der Waals surface area contributed by atoms with Crippen molar-refractivity contribution in [2.45, 2.75) is 24.8 Å². The number of carbonyl (C=O) groups is 3. The third-order valence-electron chi connectivity index (χ3n) is 7.08. The summed E-state index contributed by atoms with van der Waals surface area (Å²) in [5.74, 6) is -1.29. The van der Waals surface area contributed by atoms with Gasteiger partial charge in [0.15, 0.2) is 0 Å². The maximum atomic E-state index is 12.9. The smallest absolute Gasteiger partial charge is 0.475 e. The molecule has 12 heteroatoms. The van der Waals surface area contributed by atoms with Gasteiger partial charge in [-0.15, -0.1) is 0 Å². The van der Waals surface area contributed by atoms with Gasteiger partial charge in [-0.25, -0.2) is 4.79 Å². The Morgan fingerprint density at radius 1 is 0.938 bits per heavy atom. The number of likely N-dealkylation sites (tertiary alicyclic amines) is 1. The molecule has 0 radical (unpaired) electrons. The van der Waals surface area contributed by atoms with Crippen LogP contribution in [0.25, 0.3) is 0 Å². The Kier molecular flexibility index (Phi) is 6.38. The van der Waals surface area contributed by atoms with Crippen molar-refractivity contribution < 1.29 is 42.1 Å². The van der Waals surface area contributed by atoms with Crippen molar-refractivity contribution >= 4 is 17.8 Å². The van der Waals surface area contributed by atoms with Crippen LogP contribution in [-0.2, 0) is 23.9 Å². The van der Waals surface area contributed by atoms with E-state index in [4.69, 9.17) is 19.4 Å². The first-order chi connectivity index (χ1) is 15.1. The fraction of sp³-hybridized carbons (Fsp3) is 0.850. The van der Waals surface area contributed by atoms with Gasteiger partial charge < -0.3 is 29.3 Å². The number of rotatable bonds is 2. The predicted octanol–water partition coefficient (Wildman–Crippen LogP) is -0.0980. The van der Waals surface area contributed by atoms with Crippen molar-refractivity contribution in [2.75, 3.05) is 59.5 Å². The normalized spacial score (nSPS) is 36.2. The lowest BCUT2D eigenvalue weighted by Crippen LogP contribution is -2.52. The van der Waals surface area contributed by atoms with Crippen LogP contribution in [0.3, 0.4) is 0 Å². The van der Waals surface area contributed by atoms with Gasteiger partial charge in [0.2, 0.25) is 11.8 Å². The van der Waals surface area contributed by atoms with Crippen molar-refractivity contribution in [3.63, 3.8) is 0 Å². The number of aliphatic carboxylic acids is 1. The van der Waals surface area contributed by atoms with E-state index in [2.05, 4.69) is 11.9 Å². The molecule has 4 aliphatic heterocycles. The zero-order valence-corrected chi connectivity index (χ0v) is 17.8. The maximum absolute atomic E-state index is 12.9. The molecule has 0 aromatic carbocycles. The summed E-state index contributed by atoms with van der Waals surface area (Å²) in [6, 6.07) is 0. The van der Waals surface area contributed by atoms with E-state index < -0.39 is 12.1 Å². The summed E-state index contributed by atoms with van der Waals surface area (Å²) in [4.78, 5) is 40.9. The van der Waals surface area contributed by atoms with Crippen molar-refractivity contribution in [1.82, 2.24) is 14.7 Å². The first-order valence-electron chi connectivity index (χ1n) is 10.9. The number of morpholine rings is 1. The summed E-state index contributed by atoms with van der Waals surface area (Å²) in [6.45, 7) is 6.18. The lowest BCUT2D eigenvalue weighted by Gasteiger charge is -2.36. The van der Waals surface area contributed by atoms with Crippen LogP contribution < -0.4 is 0 Å². The molecule has 4 heterocycles. The van der Waals surface area contributed by atoms with E-state index in [0.717, 1.165) is 45.8 Å². The van der Waals surface area contributed by atoms with Gasteiger partial charge in [0.25, 0.3) is 0 Å². The highest BCUT2D eigenvalue weighted by atomic mass is 19.4. The number of amides is 2. The van der Waals surface area contributed by atoms with Gasteiger partial charge in [0.1, 0.15) is 0 Å². The molecule has 1 aliphatic carbocycles. The Morgan fingerprint density at radius 2 is 1.53 bits per heavy atom. The number of nitrogens with zero attached hydrogens (tertiary/aromatic N) is 3. The molecule has 9 nitrogen and oxygen atoms in total. The Labute approximate surface area is 183 Å². The van der Waals surface area contributed by atoms with E-state index in [-0.39, 0.29) is 35.9 Å². The van der Waals surface area contributed by atoms with Crippen LogP contribution in [0.4, 0.5) is 13.2 Å². The molecule has 1 saturated carbocycles. The summed E-state index contributed by atoms with van der Waals surface area (Å²) in [5, 5.41) is 7.12. The summed E-state index contributed by atoms with van der Waals surface area (Å²) in [5.41, 5.74) is 0. The van der Waals surface area contributed by atoms with Crippen molar-refractivity contribution in [1.29, 1.82) is 0 Å². The van der Waals surface area contributed by atoms with Crippen LogP contribution in [0.2, 0.25) is 0 Å². The quantitative estimate of drug-likeness (QED) is 0.611. The predicted molar refractivity (Wildman–Crippen MR) is 102 cm³/mol. The number of halogens is 3. The van der Waals surface area contributed by atoms with Gasteiger partial charge in [-0.2, -0.15) is 13.2 Å². The Balaban J connectivity index is 0.000000307. The summed E-state index contributed by atoms with van der Waals surface area (Å²) < 4.78 is 43.2. The Bertz CT molecular complexity index is 747. The van der Waals surface area contributed by atoms with Crippen LogP contribution in [0.15, 0.2) is 0 Å². The molecule has 4 saturated heterocycles. The zero-order chi connectivity index (χ0) is 23.2. The van der Waals surface area contributed by atoms with Crippen molar-refractivity contribution in [2.24, 2.45) is 23.7 Å². The minimum absolute atomic E-state index is 0.0268. The van der Waals surface area contributed by atoms with E-state index in [1.165, 1.54) is 0 Å². The van der Waals surface area contributed by atoms with E-state index >= 15 is 0 Å². The van der Waals surface area contributed by atoms with Crippen LogP contribution >= 0.6 is 0 Å². The summed E-state index contributed by atoms with van der Waals surface area (Å²) in [6.07, 6.45) is -4.41. The number of likely N-dealkylation sites (N-methyl/N-ethyl adjacent to an activating group) is 1. The number of carboxylic acids is 1. The minimum Gasteiger partial charge on any atom is -0.475 e. The highest BCUT2D eigenvalue weighted by molar-refractivity contribution is 5.84. The average molecular weight is 463 g/mol. The summed E-state index contributed by atoms with van der Waals surface area (Å²) >= 11 is 0. The van der Waals surface area contributed by atoms with Crippen LogP contribution in [0, 0.1) is 23.7 Å². The topological polar surface area (TPSA) is 99.6 Å². The highest BCUT2D eigenvalue weighted by Crippen LogP contribution is 2.52. The molecule has 1 N–H and O–H groups in total. The molecule has 5 aliphatic rings. The van der Waals surface area contributed by atoms with E-state index in [1.807, 2.05) is 9.80 Å². The molecule has 0 spiro atoms. The van der Waals surface area contributed by atoms with Gasteiger partial charge >= 0.3 is 12.1 Å². The molecular weight excluding hydrogens is 435 g/mol. The molecule has 6 atom stereocenters. The van der Waals surface area contributed by atoms with Crippen LogP contribution in [0.1, 0.15) is 6.42 Å². The van der Waals surface area contributed by atoms with Crippen molar-refractivity contribution in [3.05, 3.63) is 0 Å². The molecule has 0 aromatic heterocycles. The van der Waals surface area contributed by atoms with Crippen LogP contribution in [0.5, 0.6) is 0 Å². The number of ether oxygens (including phenoxy) is 2. The standard InChI is InChI=1S/C18H27N3O4.C2HF3O2/c1-19-2-4-20(5-3-19)17(22)12-6-11-7-21(8-15(12)25-11)18(23)16-13-9-24-10-14(13)16;3-2(4,5)1(6)7/h11-16H,2-10H2,1H3;(H,6,7)/t11?,12?,13-,14+,15?,16?;. The highest BCUT2D eigenvalue weighted by Gasteiger charge is 2.60. The van der Waals surface area contributed by atoms with E-state index in [1.54, 1.807) is 0 Å². The SMILES string of the molecule is CN1CCN(C(=O)C2CC3CN(C(=O)C4[C@H]5COC[C@@H]45)CC2O3)CC1.O=C(O)C(F)(F)F. The lowest BCUT2D eigenvalue weighted by atomic mass is 9.98. The molecular formula is C20H28F3N3O6. The molecule has 5 rings (SSSR count). The third-order valence-corrected chi connectivity index (χ3v) is 7.08. The number of piperazine rings is 1. The molecule has 2 amide bonds. The molecule has 32 heavy (non-hydrogen) atoms. The van der Waals surface area contributed by atoms with Gasteiger partial charge in [-0.1, -0.05) is 0 Å². The molecule has 2 bridgehead atoms. The van der Waals surface area contributed by atoms with Gasteiger partial charge in [0, 0.05) is 45.2 Å². The Hall–Kier alpha value is -1.92. The van der Waals surface area contributed by atoms with Gasteiger partial charge in [0.05, 0.1) is 31.3 Å². The number of hydrogen-bond acceptors (Lipinski definition) is 6. The summed E-state index contributed by atoms with van der Waals surface area (Å²) in [7, 11) is 2.09. The minimum atomic E-state index is -5.08. The third kappa shape index (κ3) is 4.72. The zero-order valence-electron chi connectivity index (χ0n) is 17.8. The number of alkyl halides is 3. The van der Waals surface area contributed by atoms with Crippen LogP contribution in [-0.4, -0.2) is 116 Å². The monoisotopic (exact) mass is 463 g/mol. The molecule has 0 aromatic rings. The average Bonchev–Trinajstić information content (AvgIpc) is 3.05. The first kappa shape index (κ1) is 23.2. The number of carboxylic acid groups (broad SMARTS) is 1. The number of carbonyl (C=O) groups excluding carboxylic acids is 2. The first-order valence-corrected chi connectivity index (χ1v) is 10.9. The second kappa shape index (κ2) is 8.79. The fourth-order valence-corrected chi connectivity index (χ4v) is 5.18. The maximum Gasteiger partial charge on any atom is 0.490 e. The second-order valence-corrected chi connectivity index (χ2v) is 9.20.